The van der Waals surface area contributed by atoms with Crippen LogP contribution in [0, 0.1) is 0 Å². The average Bonchev–Trinajstić information content (AvgIpc) is 3.22. The maximum atomic E-state index is 12.5. The summed E-state index contributed by atoms with van der Waals surface area (Å²) in [5, 5.41) is 3.00. The van der Waals surface area contributed by atoms with E-state index in [-0.39, 0.29) is 11.8 Å². The summed E-state index contributed by atoms with van der Waals surface area (Å²) in [6, 6.07) is 15.9. The van der Waals surface area contributed by atoms with E-state index in [0.717, 1.165) is 62.8 Å². The standard InChI is InChI=1S/C24H30N4O3/c1-31-22-10-4-19(5-11-22)17-26-13-15-27(16-14-26)18-23(29)25-20-6-8-21(9-7-20)28-12-2-3-24(28)30/h4-11H,2-3,12-18H2,1H3,(H,25,29)/p+2. The topological polar surface area (TPSA) is 67.5 Å². The van der Waals surface area contributed by atoms with E-state index in [1.807, 2.05) is 41.3 Å². The largest absolute Gasteiger partial charge is 0.497 e. The van der Waals surface area contributed by atoms with Crippen molar-refractivity contribution in [2.24, 2.45) is 0 Å². The number of rotatable bonds is 7. The highest BCUT2D eigenvalue weighted by Gasteiger charge is 2.25. The number of hydrogen-bond donors (Lipinski definition) is 3. The molecule has 2 aliphatic rings. The van der Waals surface area contributed by atoms with Gasteiger partial charge in [-0.1, -0.05) is 0 Å². The first-order chi connectivity index (χ1) is 15.1. The average molecular weight is 425 g/mol. The summed E-state index contributed by atoms with van der Waals surface area (Å²) in [5.41, 5.74) is 3.00. The van der Waals surface area contributed by atoms with Crippen LogP contribution in [-0.2, 0) is 16.1 Å². The van der Waals surface area contributed by atoms with Crippen molar-refractivity contribution >= 4 is 23.2 Å². The van der Waals surface area contributed by atoms with Crippen LogP contribution < -0.4 is 24.8 Å². The summed E-state index contributed by atoms with van der Waals surface area (Å²) in [6.45, 7) is 6.39. The number of carbonyl (C=O) groups is 2. The van der Waals surface area contributed by atoms with Gasteiger partial charge in [-0.25, -0.2) is 0 Å². The molecule has 0 saturated carbocycles. The monoisotopic (exact) mass is 424 g/mol. The molecule has 0 aliphatic carbocycles. The summed E-state index contributed by atoms with van der Waals surface area (Å²) >= 11 is 0. The molecule has 164 valence electrons. The Bertz CT molecular complexity index is 890. The van der Waals surface area contributed by atoms with Crippen LogP contribution in [0.4, 0.5) is 11.4 Å². The molecule has 2 aromatic rings. The minimum Gasteiger partial charge on any atom is -0.497 e. The molecule has 7 nitrogen and oxygen atoms in total. The highest BCUT2D eigenvalue weighted by Crippen LogP contribution is 2.22. The van der Waals surface area contributed by atoms with Crippen LogP contribution in [0.2, 0.25) is 0 Å². The van der Waals surface area contributed by atoms with Gasteiger partial charge in [-0.05, 0) is 55.0 Å². The zero-order valence-electron chi connectivity index (χ0n) is 18.2. The maximum absolute atomic E-state index is 12.5. The molecule has 0 atom stereocenters. The number of nitrogens with one attached hydrogen (secondary N) is 3. The Morgan fingerprint density at radius 1 is 1.00 bits per heavy atom. The van der Waals surface area contributed by atoms with Gasteiger partial charge < -0.3 is 24.8 Å². The Morgan fingerprint density at radius 3 is 2.29 bits per heavy atom. The van der Waals surface area contributed by atoms with E-state index in [4.69, 9.17) is 4.74 Å². The van der Waals surface area contributed by atoms with Crippen LogP contribution in [0.5, 0.6) is 5.75 Å². The van der Waals surface area contributed by atoms with Crippen molar-refractivity contribution in [3.63, 3.8) is 0 Å². The number of benzene rings is 2. The normalized spacial score (nSPS) is 21.2. The minimum absolute atomic E-state index is 0.0404. The van der Waals surface area contributed by atoms with Crippen LogP contribution in [-0.4, -0.2) is 58.2 Å². The number of methoxy groups -OCH3 is 1. The lowest BCUT2D eigenvalue weighted by Crippen LogP contribution is -3.28. The maximum Gasteiger partial charge on any atom is 0.279 e. The van der Waals surface area contributed by atoms with E-state index in [2.05, 4.69) is 17.4 Å². The second-order valence-electron chi connectivity index (χ2n) is 8.45. The van der Waals surface area contributed by atoms with Gasteiger partial charge in [-0.2, -0.15) is 0 Å². The van der Waals surface area contributed by atoms with Crippen LogP contribution in [0.1, 0.15) is 18.4 Å². The Hall–Kier alpha value is -2.90. The van der Waals surface area contributed by atoms with Gasteiger partial charge in [-0.15, -0.1) is 0 Å². The van der Waals surface area contributed by atoms with E-state index in [0.29, 0.717) is 13.0 Å². The molecule has 0 bridgehead atoms. The number of piperazine rings is 1. The van der Waals surface area contributed by atoms with Crippen molar-refractivity contribution in [2.45, 2.75) is 19.4 Å². The zero-order valence-corrected chi connectivity index (χ0v) is 18.2. The van der Waals surface area contributed by atoms with Crippen molar-refractivity contribution < 1.29 is 24.1 Å². The third kappa shape index (κ3) is 5.62. The van der Waals surface area contributed by atoms with Crippen LogP contribution in [0.25, 0.3) is 0 Å². The van der Waals surface area contributed by atoms with Gasteiger partial charge in [0.15, 0.2) is 6.54 Å². The fraction of sp³-hybridized carbons (Fsp3) is 0.417. The lowest BCUT2D eigenvalue weighted by molar-refractivity contribution is -1.02. The van der Waals surface area contributed by atoms with Crippen molar-refractivity contribution in [2.75, 3.05) is 56.6 Å². The molecule has 2 aromatic carbocycles. The Morgan fingerprint density at radius 2 is 1.68 bits per heavy atom. The predicted octanol–water partition coefficient (Wildman–Crippen LogP) is -0.256. The Balaban J connectivity index is 1.20. The third-order valence-corrected chi connectivity index (χ3v) is 6.22. The lowest BCUT2D eigenvalue weighted by atomic mass is 10.2. The molecule has 0 unspecified atom stereocenters. The molecule has 2 aliphatic heterocycles. The van der Waals surface area contributed by atoms with Gasteiger partial charge in [-0.3, -0.25) is 9.59 Å². The first kappa shape index (κ1) is 21.3. The second-order valence-corrected chi connectivity index (χ2v) is 8.45. The highest BCUT2D eigenvalue weighted by atomic mass is 16.5. The fourth-order valence-electron chi connectivity index (χ4n) is 4.42. The molecule has 0 radical (unpaired) electrons. The number of carbonyl (C=O) groups excluding carboxylic acids is 2. The Kier molecular flexibility index (Phi) is 6.84. The minimum atomic E-state index is 0.0404. The molecule has 2 fully saturated rings. The number of anilines is 2. The SMILES string of the molecule is COc1ccc(C[NH+]2CC[NH+](CC(=O)Nc3ccc(N4CCCC4=O)cc3)CC2)cc1. The van der Waals surface area contributed by atoms with Crippen LogP contribution in [0.15, 0.2) is 48.5 Å². The van der Waals surface area contributed by atoms with E-state index in [9.17, 15) is 9.59 Å². The van der Waals surface area contributed by atoms with Gasteiger partial charge in [0.1, 0.15) is 38.5 Å². The smallest absolute Gasteiger partial charge is 0.279 e. The van der Waals surface area contributed by atoms with Crippen molar-refractivity contribution in [3.8, 4) is 5.75 Å². The molecule has 2 amide bonds. The summed E-state index contributed by atoms with van der Waals surface area (Å²) in [6.07, 6.45) is 1.53. The van der Waals surface area contributed by atoms with Crippen LogP contribution >= 0.6 is 0 Å². The molecular formula is C24H32N4O3+2. The summed E-state index contributed by atoms with van der Waals surface area (Å²) < 4.78 is 5.22. The van der Waals surface area contributed by atoms with Crippen molar-refractivity contribution in [3.05, 3.63) is 54.1 Å². The second kappa shape index (κ2) is 9.94. The molecule has 0 spiro atoms. The molecule has 3 N–H and O–H groups in total. The Labute approximate surface area is 183 Å². The first-order valence-electron chi connectivity index (χ1n) is 11.1. The van der Waals surface area contributed by atoms with Gasteiger partial charge in [0.25, 0.3) is 5.91 Å². The van der Waals surface area contributed by atoms with Gasteiger partial charge >= 0.3 is 0 Å². The van der Waals surface area contributed by atoms with Crippen molar-refractivity contribution in [1.29, 1.82) is 0 Å². The number of hydrogen-bond acceptors (Lipinski definition) is 3. The summed E-state index contributed by atoms with van der Waals surface area (Å²) in [5.74, 6) is 1.10. The number of quaternary nitrogens is 2. The van der Waals surface area contributed by atoms with E-state index < -0.39 is 0 Å². The fourth-order valence-corrected chi connectivity index (χ4v) is 4.42. The van der Waals surface area contributed by atoms with Gasteiger partial charge in [0, 0.05) is 29.9 Å². The number of nitrogens with zero attached hydrogens (tertiary/aromatic N) is 1. The molecule has 31 heavy (non-hydrogen) atoms. The summed E-state index contributed by atoms with van der Waals surface area (Å²) in [7, 11) is 1.68. The van der Waals surface area contributed by atoms with Crippen LogP contribution in [0.3, 0.4) is 0 Å². The molecule has 2 heterocycles. The molecule has 4 rings (SSSR count). The number of amides is 2. The zero-order chi connectivity index (χ0) is 21.6. The van der Waals surface area contributed by atoms with Gasteiger partial charge in [0.05, 0.1) is 7.11 Å². The molecule has 2 saturated heterocycles. The predicted molar refractivity (Wildman–Crippen MR) is 120 cm³/mol. The van der Waals surface area contributed by atoms with E-state index in [1.54, 1.807) is 12.0 Å². The van der Waals surface area contributed by atoms with E-state index in [1.165, 1.54) is 10.5 Å². The lowest BCUT2D eigenvalue weighted by Gasteiger charge is -2.29. The van der Waals surface area contributed by atoms with Gasteiger partial charge in [0.2, 0.25) is 5.91 Å². The van der Waals surface area contributed by atoms with Crippen molar-refractivity contribution in [1.82, 2.24) is 0 Å². The quantitative estimate of drug-likeness (QED) is 0.574. The highest BCUT2D eigenvalue weighted by molar-refractivity contribution is 5.96. The third-order valence-electron chi connectivity index (χ3n) is 6.22. The number of ether oxygens (including phenoxy) is 1. The molecular weight excluding hydrogens is 392 g/mol. The summed E-state index contributed by atoms with van der Waals surface area (Å²) in [4.78, 5) is 29.0. The first-order valence-corrected chi connectivity index (χ1v) is 11.1. The molecule has 0 aromatic heterocycles. The van der Waals surface area contributed by atoms with E-state index >= 15 is 0 Å². The molecule has 7 heteroatoms.